The first kappa shape index (κ1) is 28.1. The van der Waals surface area contributed by atoms with Crippen LogP contribution in [0.25, 0.3) is 10.4 Å². The van der Waals surface area contributed by atoms with E-state index in [1.807, 2.05) is 0 Å². The summed E-state index contributed by atoms with van der Waals surface area (Å²) in [5, 5.41) is 16.8. The highest BCUT2D eigenvalue weighted by Gasteiger charge is 2.46. The van der Waals surface area contributed by atoms with E-state index >= 15 is 0 Å². The van der Waals surface area contributed by atoms with Gasteiger partial charge in [0, 0.05) is 11.1 Å². The minimum Gasteiger partial charge on any atom is -0.462 e. The first-order chi connectivity index (χ1) is 17.5. The minimum absolute atomic E-state index is 0.0322. The Kier molecular flexibility index (Phi) is 9.27. The molecular weight excluding hydrogens is 509 g/mol. The monoisotopic (exact) mass is 537 g/mol. The molecule has 1 aromatic heterocycles. The fraction of sp³-hybridized carbons (Fsp3) is 0.476. The SMILES string of the molecule is CC(C)OC(=O)[C@@H](C)N[P@](=O)(OC[C@H]1O[C@@H](n2ccc(N)nc2=O)[C@H](N=[N+]=[N-])[C@@H]1O)Oc1ccccc1. The molecule has 200 valence electrons. The van der Waals surface area contributed by atoms with Crippen molar-refractivity contribution < 1.29 is 33.0 Å². The number of nitrogens with one attached hydrogen (secondary N) is 1. The first-order valence-electron chi connectivity index (χ1n) is 11.2. The maximum Gasteiger partial charge on any atom is 0.459 e. The van der Waals surface area contributed by atoms with Crippen LogP contribution in [0.4, 0.5) is 5.82 Å². The number of carbonyl (C=O) groups is 1. The van der Waals surface area contributed by atoms with Gasteiger partial charge in [-0.1, -0.05) is 23.3 Å². The fourth-order valence-corrected chi connectivity index (χ4v) is 4.91. The molecule has 37 heavy (non-hydrogen) atoms. The number of carbonyl (C=O) groups excluding carboxylic acids is 1. The molecule has 6 atom stereocenters. The van der Waals surface area contributed by atoms with Gasteiger partial charge in [0.25, 0.3) is 0 Å². The zero-order valence-corrected chi connectivity index (χ0v) is 21.2. The highest BCUT2D eigenvalue weighted by Crippen LogP contribution is 2.46. The number of nitrogens with two attached hydrogens (primary N) is 1. The summed E-state index contributed by atoms with van der Waals surface area (Å²) in [6.45, 7) is 4.22. The number of aliphatic hydroxyl groups is 1. The van der Waals surface area contributed by atoms with Crippen LogP contribution in [0.5, 0.6) is 5.75 Å². The zero-order valence-electron chi connectivity index (χ0n) is 20.3. The number of hydrogen-bond donors (Lipinski definition) is 3. The van der Waals surface area contributed by atoms with Crippen molar-refractivity contribution in [3.8, 4) is 5.75 Å². The van der Waals surface area contributed by atoms with Crippen LogP contribution in [0.15, 0.2) is 52.5 Å². The Labute approximate surface area is 211 Å². The van der Waals surface area contributed by atoms with Crippen LogP contribution in [0.2, 0.25) is 0 Å². The lowest BCUT2D eigenvalue weighted by Crippen LogP contribution is -2.38. The predicted molar refractivity (Wildman–Crippen MR) is 130 cm³/mol. The van der Waals surface area contributed by atoms with Crippen LogP contribution in [-0.2, 0) is 23.4 Å². The van der Waals surface area contributed by atoms with Gasteiger partial charge in [-0.15, -0.1) is 0 Å². The molecule has 0 saturated carbocycles. The van der Waals surface area contributed by atoms with Gasteiger partial charge in [0.15, 0.2) is 0 Å². The van der Waals surface area contributed by atoms with E-state index in [2.05, 4.69) is 20.1 Å². The predicted octanol–water partition coefficient (Wildman–Crippen LogP) is 1.90. The Morgan fingerprint density at radius 2 is 2.05 bits per heavy atom. The molecule has 4 N–H and O–H groups in total. The van der Waals surface area contributed by atoms with Gasteiger partial charge in [0.2, 0.25) is 0 Å². The largest absolute Gasteiger partial charge is 0.462 e. The van der Waals surface area contributed by atoms with E-state index in [0.29, 0.717) is 0 Å². The summed E-state index contributed by atoms with van der Waals surface area (Å²) in [6, 6.07) is 7.08. The molecular formula is C21H28N7O8P. The van der Waals surface area contributed by atoms with Gasteiger partial charge in [0.05, 0.1) is 18.8 Å². The number of aliphatic hydroxyl groups excluding tert-OH is 1. The van der Waals surface area contributed by atoms with E-state index in [1.54, 1.807) is 32.0 Å². The third kappa shape index (κ3) is 7.29. The van der Waals surface area contributed by atoms with E-state index in [1.165, 1.54) is 31.3 Å². The molecule has 0 unspecified atom stereocenters. The summed E-state index contributed by atoms with van der Waals surface area (Å²) in [7, 11) is -4.26. The third-order valence-corrected chi connectivity index (χ3v) is 6.73. The normalized spacial score (nSPS) is 23.6. The van der Waals surface area contributed by atoms with Gasteiger partial charge in [0.1, 0.15) is 36.0 Å². The smallest absolute Gasteiger partial charge is 0.459 e. The maximum atomic E-state index is 13.6. The molecule has 1 saturated heterocycles. The molecule has 15 nitrogen and oxygen atoms in total. The summed E-state index contributed by atoms with van der Waals surface area (Å²) in [5.74, 6) is -0.540. The number of nitrogens with zero attached hydrogens (tertiary/aromatic N) is 5. The van der Waals surface area contributed by atoms with Crippen LogP contribution >= 0.6 is 7.75 Å². The number of azide groups is 1. The van der Waals surface area contributed by atoms with Gasteiger partial charge in [-0.25, -0.2) is 9.36 Å². The summed E-state index contributed by atoms with van der Waals surface area (Å²) in [5.41, 5.74) is 13.7. The standard InChI is InChI=1S/C21H28N7O8P/c1-12(2)34-20(30)13(3)26-37(32,36-14-7-5-4-6-8-14)33-11-15-18(29)17(25-27-23)19(35-15)28-10-9-16(22)24-21(28)31/h4-10,12-13,15,17-19,29H,11H2,1-3H3,(H,26,32)(H2,22,24,31)/t13-,15-,17-,18-,19-,37+/m1/s1. The second-order valence-electron chi connectivity index (χ2n) is 8.33. The molecule has 1 aliphatic heterocycles. The number of ether oxygens (including phenoxy) is 2. The number of para-hydroxylation sites is 1. The first-order valence-corrected chi connectivity index (χ1v) is 12.8. The van der Waals surface area contributed by atoms with Crippen molar-refractivity contribution in [1.29, 1.82) is 0 Å². The van der Waals surface area contributed by atoms with E-state index in [0.717, 1.165) is 4.57 Å². The van der Waals surface area contributed by atoms with Crippen molar-refractivity contribution in [2.24, 2.45) is 5.11 Å². The Bertz CT molecular complexity index is 1240. The molecule has 0 amide bonds. The van der Waals surface area contributed by atoms with Gasteiger partial charge < -0.3 is 24.8 Å². The van der Waals surface area contributed by atoms with Gasteiger partial charge in [-0.3, -0.25) is 13.9 Å². The average molecular weight is 537 g/mol. The summed E-state index contributed by atoms with van der Waals surface area (Å²) in [6.07, 6.45) is -3.05. The van der Waals surface area contributed by atoms with Crippen LogP contribution < -0.4 is 21.0 Å². The summed E-state index contributed by atoms with van der Waals surface area (Å²) in [4.78, 5) is 30.9. The Morgan fingerprint density at radius 3 is 2.68 bits per heavy atom. The minimum atomic E-state index is -4.26. The Hall–Kier alpha value is -3.45. The number of aromatic nitrogens is 2. The van der Waals surface area contributed by atoms with Crippen molar-refractivity contribution in [1.82, 2.24) is 14.6 Å². The Morgan fingerprint density at radius 1 is 1.35 bits per heavy atom. The second-order valence-corrected chi connectivity index (χ2v) is 10.0. The molecule has 2 heterocycles. The van der Waals surface area contributed by atoms with E-state index in [-0.39, 0.29) is 11.6 Å². The molecule has 16 heteroatoms. The number of hydrogen-bond acceptors (Lipinski definition) is 11. The average Bonchev–Trinajstić information content (AvgIpc) is 3.13. The third-order valence-electron chi connectivity index (χ3n) is 5.08. The molecule has 1 aliphatic rings. The number of rotatable bonds is 11. The van der Waals surface area contributed by atoms with Crippen LogP contribution in [0.1, 0.15) is 27.0 Å². The molecule has 0 aliphatic carbocycles. The van der Waals surface area contributed by atoms with E-state index in [4.69, 9.17) is 29.8 Å². The number of anilines is 1. The van der Waals surface area contributed by atoms with Gasteiger partial charge >= 0.3 is 19.4 Å². The maximum absolute atomic E-state index is 13.6. The molecule has 1 fully saturated rings. The highest BCUT2D eigenvalue weighted by atomic mass is 31.2. The van der Waals surface area contributed by atoms with Crippen LogP contribution in [-0.4, -0.2) is 57.6 Å². The van der Waals surface area contributed by atoms with Crippen molar-refractivity contribution in [3.05, 3.63) is 63.5 Å². The molecule has 3 rings (SSSR count). The molecule has 0 radical (unpaired) electrons. The van der Waals surface area contributed by atoms with Gasteiger partial charge in [-0.2, -0.15) is 10.1 Å². The van der Waals surface area contributed by atoms with Crippen LogP contribution in [0, 0.1) is 0 Å². The van der Waals surface area contributed by atoms with Crippen molar-refractivity contribution in [2.75, 3.05) is 12.3 Å². The van der Waals surface area contributed by atoms with E-state index in [9.17, 15) is 19.3 Å². The second kappa shape index (κ2) is 12.2. The van der Waals surface area contributed by atoms with Crippen molar-refractivity contribution >= 4 is 19.5 Å². The lowest BCUT2D eigenvalue weighted by molar-refractivity contribution is -0.149. The van der Waals surface area contributed by atoms with Crippen LogP contribution in [0.3, 0.4) is 0 Å². The topological polar surface area (TPSA) is 213 Å². The number of esters is 1. The Balaban J connectivity index is 1.81. The van der Waals surface area contributed by atoms with E-state index < -0.39 is 62.6 Å². The quantitative estimate of drug-likeness (QED) is 0.124. The van der Waals surface area contributed by atoms with Gasteiger partial charge in [-0.05, 0) is 44.5 Å². The van der Waals surface area contributed by atoms with Crippen molar-refractivity contribution in [2.45, 2.75) is 57.4 Å². The lowest BCUT2D eigenvalue weighted by Gasteiger charge is -2.25. The number of nitrogen functional groups attached to an aromatic ring is 1. The highest BCUT2D eigenvalue weighted by molar-refractivity contribution is 7.52. The molecule has 0 spiro atoms. The van der Waals surface area contributed by atoms with Crippen molar-refractivity contribution in [3.63, 3.8) is 0 Å². The molecule has 0 bridgehead atoms. The summed E-state index contributed by atoms with van der Waals surface area (Å²) >= 11 is 0. The fourth-order valence-electron chi connectivity index (χ4n) is 3.41. The lowest BCUT2D eigenvalue weighted by atomic mass is 10.1. The zero-order chi connectivity index (χ0) is 27.2. The molecule has 1 aromatic carbocycles. The number of benzene rings is 1. The summed E-state index contributed by atoms with van der Waals surface area (Å²) < 4.78 is 36.6. The molecule has 2 aromatic rings.